The third-order valence-corrected chi connectivity index (χ3v) is 1.48. The molecule has 0 fully saturated rings. The van der Waals surface area contributed by atoms with Crippen LogP contribution in [0.2, 0.25) is 0 Å². The number of aliphatic hydroxyl groups is 4. The lowest BCUT2D eigenvalue weighted by molar-refractivity contribution is -0.118. The summed E-state index contributed by atoms with van der Waals surface area (Å²) < 4.78 is 0. The fourth-order valence-corrected chi connectivity index (χ4v) is 0.644. The van der Waals surface area contributed by atoms with E-state index in [0.29, 0.717) is 0 Å². The summed E-state index contributed by atoms with van der Waals surface area (Å²) in [5, 5.41) is 35.2. The van der Waals surface area contributed by atoms with Crippen molar-refractivity contribution in [2.75, 3.05) is 6.61 Å². The maximum absolute atomic E-state index is 10.0. The highest BCUT2D eigenvalue weighted by Gasteiger charge is 2.28. The van der Waals surface area contributed by atoms with E-state index < -0.39 is 31.0 Å². The molecule has 0 unspecified atom stereocenters. The molecule has 0 saturated carbocycles. The maximum Gasteiger partial charge on any atom is 0.139 e. The molecule has 0 aliphatic heterocycles. The first kappa shape index (κ1) is 15.2. The molecule has 4 radical (unpaired) electrons. The lowest BCUT2D eigenvalue weighted by Crippen LogP contribution is -2.49. The number of nitrogens with two attached hydrogens (primary N) is 1. The van der Waals surface area contributed by atoms with E-state index >= 15 is 0 Å². The van der Waals surface area contributed by atoms with Crippen molar-refractivity contribution in [3.8, 4) is 0 Å². The van der Waals surface area contributed by atoms with Gasteiger partial charge >= 0.3 is 0 Å². The lowest BCUT2D eigenvalue weighted by atomic mass is 10.0. The molecule has 76 valence electrons. The molecule has 0 rings (SSSR count). The van der Waals surface area contributed by atoms with Gasteiger partial charge in [-0.3, -0.25) is 0 Å². The van der Waals surface area contributed by atoms with E-state index in [1.54, 1.807) is 0 Å². The Balaban J connectivity index is 0. The molecule has 13 heavy (non-hydrogen) atoms. The van der Waals surface area contributed by atoms with Crippen LogP contribution in [0.5, 0.6) is 0 Å². The molecule has 0 saturated heterocycles. The standard InChI is InChI=1S/C6H13NO5.Si/c7-3(1-8)5(11)6(12)4(10)2-9;/h1,3-6,9-12H,2,7H2;/t3-,4+,5+,6+;/m0./s1. The van der Waals surface area contributed by atoms with Gasteiger partial charge in [-0.1, -0.05) is 0 Å². The van der Waals surface area contributed by atoms with Gasteiger partial charge in [0.2, 0.25) is 0 Å². The van der Waals surface area contributed by atoms with Crippen LogP contribution in [0.25, 0.3) is 0 Å². The van der Waals surface area contributed by atoms with E-state index in [1.807, 2.05) is 0 Å². The zero-order chi connectivity index (χ0) is 9.72. The lowest BCUT2D eigenvalue weighted by Gasteiger charge is -2.23. The third-order valence-electron chi connectivity index (χ3n) is 1.48. The Kier molecular flexibility index (Phi) is 8.32. The van der Waals surface area contributed by atoms with Gasteiger partial charge in [0.1, 0.15) is 24.6 Å². The summed E-state index contributed by atoms with van der Waals surface area (Å²) in [4.78, 5) is 10.0. The molecular weight excluding hydrogens is 194 g/mol. The molecule has 0 aromatic carbocycles. The molecule has 6 nitrogen and oxygen atoms in total. The highest BCUT2D eigenvalue weighted by molar-refractivity contribution is 5.75. The average Bonchev–Trinajstić information content (AvgIpc) is 2.12. The molecule has 0 spiro atoms. The van der Waals surface area contributed by atoms with E-state index in [1.165, 1.54) is 0 Å². The van der Waals surface area contributed by atoms with Gasteiger partial charge in [0.25, 0.3) is 0 Å². The first-order valence-electron chi connectivity index (χ1n) is 3.40. The molecule has 0 aromatic rings. The van der Waals surface area contributed by atoms with E-state index in [2.05, 4.69) is 0 Å². The van der Waals surface area contributed by atoms with Crippen molar-refractivity contribution in [3.05, 3.63) is 0 Å². The van der Waals surface area contributed by atoms with Crippen molar-refractivity contribution in [1.82, 2.24) is 0 Å². The first-order valence-corrected chi connectivity index (χ1v) is 3.40. The summed E-state index contributed by atoms with van der Waals surface area (Å²) in [6.45, 7) is -0.705. The van der Waals surface area contributed by atoms with Gasteiger partial charge in [0, 0.05) is 11.0 Å². The molecule has 0 aliphatic carbocycles. The second-order valence-corrected chi connectivity index (χ2v) is 2.44. The highest BCUT2D eigenvalue weighted by Crippen LogP contribution is 2.01. The van der Waals surface area contributed by atoms with E-state index in [-0.39, 0.29) is 17.3 Å². The summed E-state index contributed by atoms with van der Waals surface area (Å²) in [5.74, 6) is 0. The SMILES string of the molecule is N[C@@H](C=O)[C@@H](O)[C@H](O)[C@H](O)CO.[Si]. The number of hydrogen-bond acceptors (Lipinski definition) is 6. The Morgan fingerprint density at radius 2 is 1.69 bits per heavy atom. The number of carbonyl (C=O) groups excluding carboxylic acids is 1. The Labute approximate surface area is 80.0 Å². The summed E-state index contributed by atoms with van der Waals surface area (Å²) >= 11 is 0. The number of rotatable bonds is 5. The molecule has 0 heterocycles. The summed E-state index contributed by atoms with van der Waals surface area (Å²) in [6, 6.07) is -1.26. The zero-order valence-corrected chi connectivity index (χ0v) is 7.87. The fraction of sp³-hybridized carbons (Fsp3) is 0.833. The maximum atomic E-state index is 10.0. The summed E-state index contributed by atoms with van der Waals surface area (Å²) in [6.07, 6.45) is -4.43. The van der Waals surface area contributed by atoms with Crippen LogP contribution < -0.4 is 5.73 Å². The third kappa shape index (κ3) is 4.46. The normalized spacial score (nSPS) is 19.5. The minimum Gasteiger partial charge on any atom is -0.394 e. The second-order valence-electron chi connectivity index (χ2n) is 2.44. The Bertz CT molecular complexity index is 147. The van der Waals surface area contributed by atoms with Crippen LogP contribution in [0, 0.1) is 0 Å². The van der Waals surface area contributed by atoms with Crippen LogP contribution in [0.15, 0.2) is 0 Å². The van der Waals surface area contributed by atoms with Crippen LogP contribution >= 0.6 is 0 Å². The fourth-order valence-electron chi connectivity index (χ4n) is 0.644. The van der Waals surface area contributed by atoms with Crippen molar-refractivity contribution < 1.29 is 25.2 Å². The van der Waals surface area contributed by atoms with Crippen molar-refractivity contribution >= 4 is 17.3 Å². The van der Waals surface area contributed by atoms with Crippen LogP contribution in [-0.4, -0.2) is 68.6 Å². The smallest absolute Gasteiger partial charge is 0.139 e. The van der Waals surface area contributed by atoms with Crippen molar-refractivity contribution in [1.29, 1.82) is 0 Å². The van der Waals surface area contributed by atoms with Crippen molar-refractivity contribution in [2.24, 2.45) is 5.73 Å². The number of aliphatic hydroxyl groups excluding tert-OH is 4. The number of carbonyl (C=O) groups is 1. The molecular formula is C6H13NO5Si. The topological polar surface area (TPSA) is 124 Å². The van der Waals surface area contributed by atoms with Gasteiger partial charge in [0.15, 0.2) is 0 Å². The second kappa shape index (κ2) is 7.13. The Hall–Kier alpha value is -0.313. The molecule has 6 N–H and O–H groups in total. The predicted octanol–water partition coefficient (Wildman–Crippen LogP) is -3.79. The summed E-state index contributed by atoms with van der Waals surface area (Å²) in [5.41, 5.74) is 5.04. The number of aldehydes is 1. The molecule has 0 amide bonds. The largest absolute Gasteiger partial charge is 0.394 e. The highest BCUT2D eigenvalue weighted by atomic mass is 28.1. The zero-order valence-electron chi connectivity index (χ0n) is 6.87. The van der Waals surface area contributed by atoms with Crippen LogP contribution in [0.3, 0.4) is 0 Å². The molecule has 0 aliphatic rings. The van der Waals surface area contributed by atoms with Gasteiger partial charge in [0.05, 0.1) is 12.6 Å². The molecule has 0 bridgehead atoms. The average molecular weight is 207 g/mol. The molecule has 0 aromatic heterocycles. The minimum atomic E-state index is -1.62. The molecule has 7 heteroatoms. The van der Waals surface area contributed by atoms with Gasteiger partial charge in [-0.25, -0.2) is 0 Å². The van der Waals surface area contributed by atoms with E-state index in [4.69, 9.17) is 26.2 Å². The van der Waals surface area contributed by atoms with Crippen LogP contribution in [0.4, 0.5) is 0 Å². The van der Waals surface area contributed by atoms with E-state index in [9.17, 15) is 4.79 Å². The van der Waals surface area contributed by atoms with Crippen molar-refractivity contribution in [2.45, 2.75) is 24.4 Å². The quantitative estimate of drug-likeness (QED) is 0.233. The van der Waals surface area contributed by atoms with Gasteiger partial charge in [-0.2, -0.15) is 0 Å². The van der Waals surface area contributed by atoms with Gasteiger partial charge < -0.3 is 31.0 Å². The van der Waals surface area contributed by atoms with Crippen LogP contribution in [0.1, 0.15) is 0 Å². The van der Waals surface area contributed by atoms with Gasteiger partial charge in [-0.05, 0) is 0 Å². The molecule has 4 atom stereocenters. The Morgan fingerprint density at radius 1 is 1.23 bits per heavy atom. The van der Waals surface area contributed by atoms with Crippen LogP contribution in [-0.2, 0) is 4.79 Å². The number of hydrogen-bond donors (Lipinski definition) is 5. The van der Waals surface area contributed by atoms with E-state index in [0.717, 1.165) is 0 Å². The first-order chi connectivity index (χ1) is 5.54. The predicted molar refractivity (Wildman–Crippen MR) is 44.9 cm³/mol. The van der Waals surface area contributed by atoms with Crippen molar-refractivity contribution in [3.63, 3.8) is 0 Å². The van der Waals surface area contributed by atoms with Gasteiger partial charge in [-0.15, -0.1) is 0 Å². The summed E-state index contributed by atoms with van der Waals surface area (Å²) in [7, 11) is 0. The monoisotopic (exact) mass is 207 g/mol. The minimum absolute atomic E-state index is 0. The Morgan fingerprint density at radius 3 is 2.00 bits per heavy atom.